The van der Waals surface area contributed by atoms with Crippen molar-refractivity contribution >= 4 is 29.4 Å². The molecule has 1 unspecified atom stereocenters. The van der Waals surface area contributed by atoms with Crippen LogP contribution in [-0.2, 0) is 0 Å². The Morgan fingerprint density at radius 2 is 2.21 bits per heavy atom. The molecule has 0 radical (unpaired) electrons. The second-order valence-electron chi connectivity index (χ2n) is 6.90. The van der Waals surface area contributed by atoms with Gasteiger partial charge in [0.15, 0.2) is 5.65 Å². The molecule has 0 bridgehead atoms. The summed E-state index contributed by atoms with van der Waals surface area (Å²) in [6.07, 6.45) is 6.06. The van der Waals surface area contributed by atoms with Gasteiger partial charge < -0.3 is 16.0 Å². The topological polar surface area (TPSA) is 78.1 Å². The molecule has 3 N–H and O–H groups in total. The monoisotopic (exact) mass is 394 g/mol. The largest absolute Gasteiger partial charge is 0.388 e. The lowest BCUT2D eigenvalue weighted by Gasteiger charge is -2.26. The van der Waals surface area contributed by atoms with Crippen molar-refractivity contribution < 1.29 is 0 Å². The van der Waals surface area contributed by atoms with Crippen molar-refractivity contribution in [2.24, 2.45) is 0 Å². The molecule has 2 heterocycles. The number of aromatic nitrogens is 3. The van der Waals surface area contributed by atoms with Gasteiger partial charge in [-0.15, -0.1) is 5.10 Å². The Bertz CT molecular complexity index is 1040. The van der Waals surface area contributed by atoms with E-state index in [2.05, 4.69) is 22.7 Å². The summed E-state index contributed by atoms with van der Waals surface area (Å²) >= 11 is 6.16. The summed E-state index contributed by atoms with van der Waals surface area (Å²) in [7, 11) is 0. The Morgan fingerprint density at radius 3 is 3.00 bits per heavy atom. The van der Waals surface area contributed by atoms with Crippen molar-refractivity contribution in [3.63, 3.8) is 0 Å². The summed E-state index contributed by atoms with van der Waals surface area (Å²) in [4.78, 5) is 4.73. The fraction of sp³-hybridized carbons (Fsp3) is 0.286. The fourth-order valence-electron chi connectivity index (χ4n) is 3.69. The first-order valence-corrected chi connectivity index (χ1v) is 9.90. The molecule has 3 aromatic rings. The van der Waals surface area contributed by atoms with Gasteiger partial charge in [-0.05, 0) is 61.6 Å². The Labute approximate surface area is 169 Å². The van der Waals surface area contributed by atoms with Crippen LogP contribution in [0.25, 0.3) is 16.8 Å². The number of pyridine rings is 1. The van der Waals surface area contributed by atoms with Gasteiger partial charge in [0.05, 0.1) is 0 Å². The van der Waals surface area contributed by atoms with Crippen LogP contribution in [0.3, 0.4) is 0 Å². The fourth-order valence-corrected chi connectivity index (χ4v) is 3.88. The number of benzene rings is 1. The van der Waals surface area contributed by atoms with Crippen LogP contribution in [0.15, 0.2) is 53.9 Å². The number of halogens is 1. The maximum absolute atomic E-state index is 7.71. The van der Waals surface area contributed by atoms with Gasteiger partial charge in [0.25, 0.3) is 0 Å². The molecule has 1 aromatic carbocycles. The van der Waals surface area contributed by atoms with Gasteiger partial charge in [-0.3, -0.25) is 0 Å². The van der Waals surface area contributed by atoms with E-state index in [1.165, 1.54) is 11.9 Å². The van der Waals surface area contributed by atoms with Gasteiger partial charge >= 0.3 is 0 Å². The second-order valence-corrected chi connectivity index (χ2v) is 7.33. The number of fused-ring (bicyclic) bond motifs is 1. The zero-order chi connectivity index (χ0) is 19.5. The predicted molar refractivity (Wildman–Crippen MR) is 114 cm³/mol. The van der Waals surface area contributed by atoms with Crippen LogP contribution < -0.4 is 10.6 Å². The van der Waals surface area contributed by atoms with Gasteiger partial charge in [0.2, 0.25) is 5.95 Å². The van der Waals surface area contributed by atoms with Crippen molar-refractivity contribution in [2.75, 3.05) is 11.9 Å². The molecular weight excluding hydrogens is 372 g/mol. The highest BCUT2D eigenvalue weighted by molar-refractivity contribution is 6.30. The van der Waals surface area contributed by atoms with Crippen LogP contribution in [0, 0.1) is 5.41 Å². The van der Waals surface area contributed by atoms with Crippen LogP contribution in [0.4, 0.5) is 5.95 Å². The Kier molecular flexibility index (Phi) is 5.30. The predicted octanol–water partition coefficient (Wildman–Crippen LogP) is 4.53. The minimum atomic E-state index is 0.214. The number of rotatable bonds is 6. The van der Waals surface area contributed by atoms with Crippen LogP contribution >= 0.6 is 11.6 Å². The number of anilines is 1. The van der Waals surface area contributed by atoms with Gasteiger partial charge in [-0.25, -0.2) is 4.52 Å². The first kappa shape index (κ1) is 18.5. The normalized spacial score (nSPS) is 17.0. The molecule has 0 spiro atoms. The lowest BCUT2D eigenvalue weighted by molar-refractivity contribution is 0.581. The van der Waals surface area contributed by atoms with Crippen LogP contribution in [0.5, 0.6) is 0 Å². The molecule has 144 valence electrons. The van der Waals surface area contributed by atoms with E-state index in [-0.39, 0.29) is 6.04 Å². The van der Waals surface area contributed by atoms with Crippen molar-refractivity contribution in [1.82, 2.24) is 19.9 Å². The van der Waals surface area contributed by atoms with Gasteiger partial charge in [-0.1, -0.05) is 23.7 Å². The van der Waals surface area contributed by atoms with Gasteiger partial charge in [-0.2, -0.15) is 4.98 Å². The van der Waals surface area contributed by atoms with E-state index in [1.807, 2.05) is 42.6 Å². The summed E-state index contributed by atoms with van der Waals surface area (Å²) in [6.45, 7) is 2.96. The molecule has 0 saturated carbocycles. The number of nitrogens with one attached hydrogen (secondary N) is 3. The second kappa shape index (κ2) is 8.02. The van der Waals surface area contributed by atoms with E-state index in [0.717, 1.165) is 48.2 Å². The lowest BCUT2D eigenvalue weighted by Crippen LogP contribution is -2.29. The lowest BCUT2D eigenvalue weighted by atomic mass is 9.92. The van der Waals surface area contributed by atoms with E-state index < -0.39 is 0 Å². The van der Waals surface area contributed by atoms with E-state index in [1.54, 1.807) is 4.52 Å². The Morgan fingerprint density at radius 1 is 1.32 bits per heavy atom. The third-order valence-corrected chi connectivity index (χ3v) is 5.23. The number of nitrogens with zero attached hydrogens (tertiary/aromatic N) is 3. The first-order chi connectivity index (χ1) is 13.7. The Hall–Kier alpha value is -2.86. The summed E-state index contributed by atoms with van der Waals surface area (Å²) in [6, 6.07) is 12.0. The number of hydrogen-bond acceptors (Lipinski definition) is 5. The quantitative estimate of drug-likeness (QED) is 0.537. The molecule has 4 rings (SSSR count). The molecule has 0 amide bonds. The molecule has 0 fully saturated rings. The van der Waals surface area contributed by atoms with Crippen LogP contribution in [-0.4, -0.2) is 33.4 Å². The standard InChI is InChI=1S/C21H23ClN6/c1-2-24-19-9-8-17(12-15(19)13-23)25-21-26-20-18(7-4-10-28(20)27-21)14-5-3-6-16(22)11-14/h3-7,10-11,13,17,23-24H,2,8-9,12H2,1H3,(H,25,27). The van der Waals surface area contributed by atoms with E-state index >= 15 is 0 Å². The third kappa shape index (κ3) is 3.73. The zero-order valence-corrected chi connectivity index (χ0v) is 16.5. The van der Waals surface area contributed by atoms with Crippen molar-refractivity contribution in [3.05, 3.63) is 58.9 Å². The molecule has 28 heavy (non-hydrogen) atoms. The van der Waals surface area contributed by atoms with E-state index in [4.69, 9.17) is 22.0 Å². The van der Waals surface area contributed by atoms with Crippen LogP contribution in [0.2, 0.25) is 5.02 Å². The summed E-state index contributed by atoms with van der Waals surface area (Å²) in [5.41, 5.74) is 5.03. The molecule has 6 nitrogen and oxygen atoms in total. The van der Waals surface area contributed by atoms with E-state index in [0.29, 0.717) is 11.0 Å². The average molecular weight is 395 g/mol. The maximum atomic E-state index is 7.71. The van der Waals surface area contributed by atoms with Gasteiger partial charge in [0, 0.05) is 41.3 Å². The molecule has 2 aromatic heterocycles. The average Bonchev–Trinajstić information content (AvgIpc) is 3.11. The Balaban J connectivity index is 1.59. The van der Waals surface area contributed by atoms with Crippen LogP contribution in [0.1, 0.15) is 26.2 Å². The van der Waals surface area contributed by atoms with Crippen molar-refractivity contribution in [2.45, 2.75) is 32.2 Å². The molecule has 1 aliphatic carbocycles. The number of allylic oxidation sites excluding steroid dienone is 1. The third-order valence-electron chi connectivity index (χ3n) is 4.99. The first-order valence-electron chi connectivity index (χ1n) is 9.52. The number of hydrogen-bond donors (Lipinski definition) is 3. The van der Waals surface area contributed by atoms with Gasteiger partial charge in [0.1, 0.15) is 0 Å². The highest BCUT2D eigenvalue weighted by atomic mass is 35.5. The smallest absolute Gasteiger partial charge is 0.243 e. The van der Waals surface area contributed by atoms with E-state index in [9.17, 15) is 0 Å². The highest BCUT2D eigenvalue weighted by Crippen LogP contribution is 2.28. The minimum absolute atomic E-state index is 0.214. The van der Waals surface area contributed by atoms with Crippen molar-refractivity contribution in [1.29, 1.82) is 5.41 Å². The highest BCUT2D eigenvalue weighted by Gasteiger charge is 2.21. The minimum Gasteiger partial charge on any atom is -0.388 e. The zero-order valence-electron chi connectivity index (χ0n) is 15.7. The summed E-state index contributed by atoms with van der Waals surface area (Å²) in [5, 5.41) is 19.8. The molecule has 1 aliphatic rings. The molecule has 7 heteroatoms. The molecule has 0 saturated heterocycles. The summed E-state index contributed by atoms with van der Waals surface area (Å²) in [5.74, 6) is 0.607. The molecular formula is C21H23ClN6. The maximum Gasteiger partial charge on any atom is 0.243 e. The van der Waals surface area contributed by atoms with Crippen molar-refractivity contribution in [3.8, 4) is 11.1 Å². The SMILES string of the molecule is CCNC1=C(C=N)CC(Nc2nc3c(-c4cccc(Cl)c4)cccn3n2)CC1. The molecule has 0 aliphatic heterocycles. The summed E-state index contributed by atoms with van der Waals surface area (Å²) < 4.78 is 1.79. The molecule has 1 atom stereocenters.